The molecule has 0 aliphatic rings. The average Bonchev–Trinajstić information content (AvgIpc) is 2.88. The largest absolute Gasteiger partial charge is 0.378 e. The van der Waals surface area contributed by atoms with Crippen LogP contribution in [-0.4, -0.2) is 33.6 Å². The number of methoxy groups -OCH3 is 1. The van der Waals surface area contributed by atoms with Crippen LogP contribution in [0.1, 0.15) is 12.6 Å². The lowest BCUT2D eigenvalue weighted by Gasteiger charge is -2.10. The van der Waals surface area contributed by atoms with Gasteiger partial charge in [-0.3, -0.25) is 0 Å². The van der Waals surface area contributed by atoms with Crippen LogP contribution in [0.15, 0.2) is 12.4 Å². The Balaban J connectivity index is 2.47. The molecule has 0 amide bonds. The molecule has 0 saturated carbocycles. The maximum Gasteiger partial charge on any atom is 0.198 e. The minimum absolute atomic E-state index is 0.451. The first-order chi connectivity index (χ1) is 8.76. The minimum atomic E-state index is 0.451. The number of nitrogens with zero attached hydrogens (tertiary/aromatic N) is 3. The van der Waals surface area contributed by atoms with Crippen molar-refractivity contribution >= 4 is 28.4 Å². The third-order valence-corrected chi connectivity index (χ3v) is 3.39. The number of aromatic amines is 1. The second kappa shape index (κ2) is 6.10. The lowest BCUT2D eigenvalue weighted by Crippen LogP contribution is -2.09. The molecule has 18 heavy (non-hydrogen) atoms. The molecule has 0 fully saturated rings. The first kappa shape index (κ1) is 13.2. The van der Waals surface area contributed by atoms with E-state index in [1.807, 2.05) is 6.92 Å². The maximum atomic E-state index is 5.16. The van der Waals surface area contributed by atoms with Gasteiger partial charge in [-0.25, -0.2) is 15.0 Å². The van der Waals surface area contributed by atoms with Crippen molar-refractivity contribution in [2.75, 3.05) is 19.0 Å². The minimum Gasteiger partial charge on any atom is -0.378 e. The Morgan fingerprint density at radius 1 is 1.44 bits per heavy atom. The van der Waals surface area contributed by atoms with Crippen LogP contribution in [0, 0.1) is 3.57 Å². The predicted molar refractivity (Wildman–Crippen MR) is 77.2 cm³/mol. The van der Waals surface area contributed by atoms with Crippen LogP contribution < -0.4 is 5.32 Å². The van der Waals surface area contributed by atoms with E-state index >= 15 is 0 Å². The van der Waals surface area contributed by atoms with Gasteiger partial charge in [-0.15, -0.1) is 0 Å². The first-order valence-corrected chi connectivity index (χ1v) is 6.63. The molecule has 2 rings (SSSR count). The Labute approximate surface area is 119 Å². The van der Waals surface area contributed by atoms with Crippen LogP contribution in [-0.2, 0) is 11.3 Å². The summed E-state index contributed by atoms with van der Waals surface area (Å²) >= 11 is 2.22. The van der Waals surface area contributed by atoms with E-state index in [9.17, 15) is 0 Å². The molecule has 0 aliphatic carbocycles. The van der Waals surface area contributed by atoms with Crippen molar-refractivity contribution in [3.05, 3.63) is 21.7 Å². The van der Waals surface area contributed by atoms with Gasteiger partial charge in [0.05, 0.1) is 15.9 Å². The highest BCUT2D eigenvalue weighted by molar-refractivity contribution is 14.1. The molecule has 2 N–H and O–H groups in total. The summed E-state index contributed by atoms with van der Waals surface area (Å²) in [5.41, 5.74) is 0.857. The van der Waals surface area contributed by atoms with Gasteiger partial charge < -0.3 is 15.0 Å². The number of aromatic nitrogens is 4. The molecular weight excluding hydrogens is 345 g/mol. The van der Waals surface area contributed by atoms with Crippen molar-refractivity contribution in [1.29, 1.82) is 0 Å². The second-order valence-electron chi connectivity index (χ2n) is 3.56. The molecule has 96 valence electrons. The zero-order chi connectivity index (χ0) is 13.0. The Kier molecular flexibility index (Phi) is 4.48. The van der Waals surface area contributed by atoms with Gasteiger partial charge in [-0.2, -0.15) is 0 Å². The molecule has 0 unspecified atom stereocenters. The van der Waals surface area contributed by atoms with Crippen LogP contribution in [0.4, 0.5) is 5.82 Å². The maximum absolute atomic E-state index is 5.16. The van der Waals surface area contributed by atoms with Crippen LogP contribution in [0.5, 0.6) is 0 Å². The third kappa shape index (κ3) is 2.78. The standard InChI is InChI=1S/C11H14IN5O/c1-3-13-9-8(12)7(6-18-2)16-11(17-9)10-14-4-5-15-10/h4-5H,3,6H2,1-2H3,(H,14,15)(H,13,16,17). The topological polar surface area (TPSA) is 75.7 Å². The monoisotopic (exact) mass is 359 g/mol. The summed E-state index contributed by atoms with van der Waals surface area (Å²) in [6, 6.07) is 0. The third-order valence-electron chi connectivity index (χ3n) is 2.26. The highest BCUT2D eigenvalue weighted by Crippen LogP contribution is 2.22. The zero-order valence-electron chi connectivity index (χ0n) is 10.2. The molecule has 0 spiro atoms. The summed E-state index contributed by atoms with van der Waals surface area (Å²) in [5, 5.41) is 3.22. The Morgan fingerprint density at radius 2 is 2.28 bits per heavy atom. The molecule has 0 saturated heterocycles. The molecule has 0 bridgehead atoms. The fourth-order valence-electron chi connectivity index (χ4n) is 1.50. The van der Waals surface area contributed by atoms with Gasteiger partial charge in [0.1, 0.15) is 5.82 Å². The van der Waals surface area contributed by atoms with E-state index < -0.39 is 0 Å². The second-order valence-corrected chi connectivity index (χ2v) is 4.64. The van der Waals surface area contributed by atoms with Gasteiger partial charge >= 0.3 is 0 Å². The van der Waals surface area contributed by atoms with Crippen molar-refractivity contribution in [2.24, 2.45) is 0 Å². The summed E-state index contributed by atoms with van der Waals surface area (Å²) in [4.78, 5) is 16.1. The van der Waals surface area contributed by atoms with Crippen molar-refractivity contribution < 1.29 is 4.74 Å². The molecule has 0 atom stereocenters. The quantitative estimate of drug-likeness (QED) is 0.800. The van der Waals surface area contributed by atoms with Crippen molar-refractivity contribution in [3.8, 4) is 11.6 Å². The van der Waals surface area contributed by atoms with Gasteiger partial charge in [0.2, 0.25) is 0 Å². The number of rotatable bonds is 5. The number of hydrogen-bond acceptors (Lipinski definition) is 5. The molecule has 6 nitrogen and oxygen atoms in total. The van der Waals surface area contributed by atoms with E-state index in [2.05, 4.69) is 47.8 Å². The lowest BCUT2D eigenvalue weighted by atomic mass is 10.3. The molecule has 0 aliphatic heterocycles. The van der Waals surface area contributed by atoms with E-state index in [0.717, 1.165) is 21.6 Å². The van der Waals surface area contributed by atoms with Gasteiger partial charge in [-0.1, -0.05) is 0 Å². The van der Waals surface area contributed by atoms with Crippen molar-refractivity contribution in [1.82, 2.24) is 19.9 Å². The first-order valence-electron chi connectivity index (χ1n) is 5.55. The number of ether oxygens (including phenoxy) is 1. The SMILES string of the molecule is CCNc1nc(-c2ncc[nH]2)nc(COC)c1I. The molecule has 2 heterocycles. The van der Waals surface area contributed by atoms with Crippen molar-refractivity contribution in [2.45, 2.75) is 13.5 Å². The van der Waals surface area contributed by atoms with Crippen LogP contribution in [0.2, 0.25) is 0 Å². The fourth-order valence-corrected chi connectivity index (χ4v) is 2.09. The summed E-state index contributed by atoms with van der Waals surface area (Å²) in [7, 11) is 1.65. The van der Waals surface area contributed by atoms with Crippen molar-refractivity contribution in [3.63, 3.8) is 0 Å². The van der Waals surface area contributed by atoms with E-state index in [1.54, 1.807) is 19.5 Å². The number of imidazole rings is 1. The number of nitrogens with one attached hydrogen (secondary N) is 2. The zero-order valence-corrected chi connectivity index (χ0v) is 12.4. The highest BCUT2D eigenvalue weighted by atomic mass is 127. The van der Waals surface area contributed by atoms with Gasteiger partial charge in [0.25, 0.3) is 0 Å². The predicted octanol–water partition coefficient (Wildman–Crippen LogP) is 2.05. The highest BCUT2D eigenvalue weighted by Gasteiger charge is 2.14. The van der Waals surface area contributed by atoms with E-state index in [1.165, 1.54) is 0 Å². The van der Waals surface area contributed by atoms with E-state index in [-0.39, 0.29) is 0 Å². The lowest BCUT2D eigenvalue weighted by molar-refractivity contribution is 0.181. The summed E-state index contributed by atoms with van der Waals surface area (Å²) in [5.74, 6) is 2.04. The van der Waals surface area contributed by atoms with Crippen LogP contribution >= 0.6 is 22.6 Å². The van der Waals surface area contributed by atoms with E-state index in [0.29, 0.717) is 18.3 Å². The van der Waals surface area contributed by atoms with Gasteiger partial charge in [0.15, 0.2) is 11.6 Å². The van der Waals surface area contributed by atoms with Crippen LogP contribution in [0.3, 0.4) is 0 Å². The Hall–Kier alpha value is -1.22. The molecule has 0 aromatic carbocycles. The smallest absolute Gasteiger partial charge is 0.198 e. The number of H-pyrrole nitrogens is 1. The van der Waals surface area contributed by atoms with Gasteiger partial charge in [-0.05, 0) is 29.5 Å². The Bertz CT molecular complexity index is 487. The Morgan fingerprint density at radius 3 is 2.89 bits per heavy atom. The molecular formula is C11H14IN5O. The summed E-state index contributed by atoms with van der Waals surface area (Å²) in [6.45, 7) is 3.28. The molecule has 2 aromatic heterocycles. The molecule has 0 radical (unpaired) electrons. The normalized spacial score (nSPS) is 10.6. The fraction of sp³-hybridized carbons (Fsp3) is 0.364. The summed E-state index contributed by atoms with van der Waals surface area (Å²) < 4.78 is 6.14. The summed E-state index contributed by atoms with van der Waals surface area (Å²) in [6.07, 6.45) is 3.43. The number of anilines is 1. The van der Waals surface area contributed by atoms with E-state index in [4.69, 9.17) is 4.74 Å². The number of halogens is 1. The number of hydrogen-bond donors (Lipinski definition) is 2. The average molecular weight is 359 g/mol. The molecule has 2 aromatic rings. The van der Waals surface area contributed by atoms with Crippen LogP contribution in [0.25, 0.3) is 11.6 Å². The van der Waals surface area contributed by atoms with Gasteiger partial charge in [0, 0.05) is 26.0 Å². The molecule has 7 heteroatoms.